The highest BCUT2D eigenvalue weighted by atomic mass is 32.2. The molecule has 0 unspecified atom stereocenters. The van der Waals surface area contributed by atoms with Gasteiger partial charge in [0, 0.05) is 21.1 Å². The monoisotopic (exact) mass is 283 g/mol. The van der Waals surface area contributed by atoms with Crippen LogP contribution in [0.5, 0.6) is 0 Å². The average molecular weight is 283 g/mol. The van der Waals surface area contributed by atoms with Gasteiger partial charge in [0.05, 0.1) is 0 Å². The molecule has 0 fully saturated rings. The molecule has 18 heavy (non-hydrogen) atoms. The molecule has 0 aliphatic rings. The molecule has 0 bridgehead atoms. The van der Waals surface area contributed by atoms with Crippen LogP contribution in [0.15, 0.2) is 9.50 Å². The molecular formula is C9H13N7S2. The molecule has 2 heterocycles. The molecule has 0 atom stereocenters. The Kier molecular flexibility index (Phi) is 3.92. The summed E-state index contributed by atoms with van der Waals surface area (Å²) in [5.74, 6) is 1.15. The van der Waals surface area contributed by atoms with E-state index in [2.05, 4.69) is 30.5 Å². The first-order valence-electron chi connectivity index (χ1n) is 5.17. The van der Waals surface area contributed by atoms with E-state index in [9.17, 15) is 0 Å². The predicted molar refractivity (Wildman–Crippen MR) is 72.5 cm³/mol. The molecule has 2 aromatic heterocycles. The molecule has 0 aliphatic heterocycles. The maximum absolute atomic E-state index is 4.35. The van der Waals surface area contributed by atoms with Gasteiger partial charge in [0.1, 0.15) is 5.01 Å². The fraction of sp³-hybridized carbons (Fsp3) is 0.444. The molecule has 2 aromatic rings. The average Bonchev–Trinajstić information content (AvgIpc) is 2.74. The van der Waals surface area contributed by atoms with Crippen LogP contribution in [0, 0.1) is 6.92 Å². The second-order valence-electron chi connectivity index (χ2n) is 3.58. The van der Waals surface area contributed by atoms with Gasteiger partial charge in [-0.25, -0.2) is 0 Å². The van der Waals surface area contributed by atoms with Crippen molar-refractivity contribution < 1.29 is 0 Å². The minimum absolute atomic E-state index is 0.539. The maximum atomic E-state index is 4.35. The molecule has 0 radical (unpaired) electrons. The van der Waals surface area contributed by atoms with Crippen molar-refractivity contribution in [1.82, 2.24) is 25.1 Å². The molecule has 1 N–H and O–H groups in total. The quantitative estimate of drug-likeness (QED) is 0.899. The third-order valence-electron chi connectivity index (χ3n) is 1.91. The fourth-order valence-corrected chi connectivity index (χ4v) is 2.77. The lowest BCUT2D eigenvalue weighted by Gasteiger charge is -2.11. The zero-order chi connectivity index (χ0) is 13.1. The first-order chi connectivity index (χ1) is 8.58. The summed E-state index contributed by atoms with van der Waals surface area (Å²) in [4.78, 5) is 14.7. The second-order valence-corrected chi connectivity index (χ2v) is 5.97. The molecular weight excluding hydrogens is 270 g/mol. The highest BCUT2D eigenvalue weighted by molar-refractivity contribution is 8.00. The van der Waals surface area contributed by atoms with Crippen LogP contribution in [-0.4, -0.2) is 46.3 Å². The van der Waals surface area contributed by atoms with Gasteiger partial charge in [0.25, 0.3) is 0 Å². The smallest absolute Gasteiger partial charge is 0.230 e. The number of nitrogens with one attached hydrogen (secondary N) is 1. The summed E-state index contributed by atoms with van der Waals surface area (Å²) in [5.41, 5.74) is 0. The molecule has 0 amide bonds. The van der Waals surface area contributed by atoms with Crippen LogP contribution in [-0.2, 0) is 0 Å². The summed E-state index contributed by atoms with van der Waals surface area (Å²) in [6, 6.07) is 0. The van der Waals surface area contributed by atoms with Crippen molar-refractivity contribution in [3.63, 3.8) is 0 Å². The van der Waals surface area contributed by atoms with E-state index in [4.69, 9.17) is 0 Å². The Morgan fingerprint density at radius 2 is 1.94 bits per heavy atom. The standard InChI is InChI=1S/C9H13N7S2/c1-5-14-15-9(17-5)18-8-12-6(10-2)11-7(13-8)16(3)4/h1-4H3,(H,10,11,12,13). The number of hydrogen-bond acceptors (Lipinski definition) is 9. The van der Waals surface area contributed by atoms with Crippen molar-refractivity contribution in [3.8, 4) is 0 Å². The van der Waals surface area contributed by atoms with Crippen LogP contribution in [0.25, 0.3) is 0 Å². The summed E-state index contributed by atoms with van der Waals surface area (Å²) in [6.45, 7) is 1.92. The predicted octanol–water partition coefficient (Wildman–Crippen LogP) is 1.29. The Balaban J connectivity index is 2.29. The van der Waals surface area contributed by atoms with Crippen LogP contribution >= 0.6 is 23.1 Å². The molecule has 0 aromatic carbocycles. The van der Waals surface area contributed by atoms with Crippen LogP contribution in [0.3, 0.4) is 0 Å². The minimum Gasteiger partial charge on any atom is -0.357 e. The molecule has 9 heteroatoms. The van der Waals surface area contributed by atoms with E-state index in [0.29, 0.717) is 17.1 Å². The van der Waals surface area contributed by atoms with Gasteiger partial charge in [-0.2, -0.15) is 15.0 Å². The normalized spacial score (nSPS) is 10.4. The first kappa shape index (κ1) is 13.0. The highest BCUT2D eigenvalue weighted by Crippen LogP contribution is 2.28. The molecule has 0 saturated heterocycles. The zero-order valence-corrected chi connectivity index (χ0v) is 12.1. The van der Waals surface area contributed by atoms with Gasteiger partial charge in [-0.1, -0.05) is 11.3 Å². The van der Waals surface area contributed by atoms with E-state index in [1.165, 1.54) is 23.1 Å². The number of hydrogen-bond donors (Lipinski definition) is 1. The van der Waals surface area contributed by atoms with Crippen LogP contribution in [0.2, 0.25) is 0 Å². The van der Waals surface area contributed by atoms with Crippen molar-refractivity contribution in [2.24, 2.45) is 0 Å². The van der Waals surface area contributed by atoms with Gasteiger partial charge in [-0.15, -0.1) is 10.2 Å². The molecule has 0 spiro atoms. The lowest BCUT2D eigenvalue weighted by molar-refractivity contribution is 0.867. The molecule has 2 rings (SSSR count). The van der Waals surface area contributed by atoms with E-state index < -0.39 is 0 Å². The summed E-state index contributed by atoms with van der Waals surface area (Å²) < 4.78 is 0.824. The lowest BCUT2D eigenvalue weighted by Crippen LogP contribution is -2.15. The highest BCUT2D eigenvalue weighted by Gasteiger charge is 2.11. The van der Waals surface area contributed by atoms with E-state index >= 15 is 0 Å². The Morgan fingerprint density at radius 1 is 1.17 bits per heavy atom. The summed E-state index contributed by atoms with van der Waals surface area (Å²) in [5, 5.41) is 12.5. The first-order valence-corrected chi connectivity index (χ1v) is 6.81. The molecule has 96 valence electrons. The fourth-order valence-electron chi connectivity index (χ4n) is 1.10. The summed E-state index contributed by atoms with van der Waals surface area (Å²) >= 11 is 2.90. The summed E-state index contributed by atoms with van der Waals surface area (Å²) in [6.07, 6.45) is 0. The van der Waals surface area contributed by atoms with Gasteiger partial charge in [0.15, 0.2) is 4.34 Å². The van der Waals surface area contributed by atoms with E-state index in [-0.39, 0.29) is 0 Å². The van der Waals surface area contributed by atoms with Crippen molar-refractivity contribution in [1.29, 1.82) is 0 Å². The van der Waals surface area contributed by atoms with E-state index in [0.717, 1.165) is 9.35 Å². The number of rotatable bonds is 4. The van der Waals surface area contributed by atoms with Crippen molar-refractivity contribution >= 4 is 35.0 Å². The van der Waals surface area contributed by atoms with Crippen LogP contribution in [0.4, 0.5) is 11.9 Å². The third-order valence-corrected chi connectivity index (χ3v) is 3.67. The van der Waals surface area contributed by atoms with Crippen molar-refractivity contribution in [3.05, 3.63) is 5.01 Å². The molecule has 0 saturated carbocycles. The Hall–Kier alpha value is -1.48. The number of nitrogens with zero attached hydrogens (tertiary/aromatic N) is 6. The molecule has 0 aliphatic carbocycles. The van der Waals surface area contributed by atoms with Gasteiger partial charge in [0.2, 0.25) is 17.1 Å². The third kappa shape index (κ3) is 3.05. The van der Waals surface area contributed by atoms with Crippen molar-refractivity contribution in [2.75, 3.05) is 31.4 Å². The summed E-state index contributed by atoms with van der Waals surface area (Å²) in [7, 11) is 5.55. The van der Waals surface area contributed by atoms with E-state index in [1.54, 1.807) is 7.05 Å². The Labute approximate surface area is 113 Å². The van der Waals surface area contributed by atoms with Crippen LogP contribution < -0.4 is 10.2 Å². The van der Waals surface area contributed by atoms with Gasteiger partial charge >= 0.3 is 0 Å². The molecule has 7 nitrogen and oxygen atoms in total. The number of aromatic nitrogens is 5. The number of aryl methyl sites for hydroxylation is 1. The van der Waals surface area contributed by atoms with Crippen molar-refractivity contribution in [2.45, 2.75) is 16.4 Å². The second kappa shape index (κ2) is 5.44. The minimum atomic E-state index is 0.539. The number of anilines is 2. The SMILES string of the molecule is CNc1nc(Sc2nnc(C)s2)nc(N(C)C)n1. The Bertz CT molecular complexity index is 539. The largest absolute Gasteiger partial charge is 0.357 e. The maximum Gasteiger partial charge on any atom is 0.230 e. The lowest BCUT2D eigenvalue weighted by atomic mass is 10.8. The zero-order valence-electron chi connectivity index (χ0n) is 10.5. The Morgan fingerprint density at radius 3 is 2.50 bits per heavy atom. The van der Waals surface area contributed by atoms with E-state index in [1.807, 2.05) is 25.9 Å². The van der Waals surface area contributed by atoms with Crippen LogP contribution in [0.1, 0.15) is 5.01 Å². The van der Waals surface area contributed by atoms with Gasteiger partial charge in [-0.05, 0) is 18.7 Å². The van der Waals surface area contributed by atoms with Gasteiger partial charge in [-0.3, -0.25) is 0 Å². The van der Waals surface area contributed by atoms with Gasteiger partial charge < -0.3 is 10.2 Å². The topological polar surface area (TPSA) is 79.7 Å².